The molecule has 1 N–H and O–H groups in total. The Morgan fingerprint density at radius 3 is 2.89 bits per heavy atom. The van der Waals surface area contributed by atoms with E-state index >= 15 is 0 Å². The Kier molecular flexibility index (Phi) is 3.60. The summed E-state index contributed by atoms with van der Waals surface area (Å²) in [6.45, 7) is -0.0414. The molecule has 0 aliphatic rings. The van der Waals surface area contributed by atoms with Crippen molar-refractivity contribution in [3.8, 4) is 11.5 Å². The van der Waals surface area contributed by atoms with Gasteiger partial charge in [0.2, 0.25) is 0 Å². The smallest absolute Gasteiger partial charge is 0.334 e. The van der Waals surface area contributed by atoms with Gasteiger partial charge in [-0.2, -0.15) is 13.4 Å². The van der Waals surface area contributed by atoms with E-state index in [4.69, 9.17) is 9.08 Å². The van der Waals surface area contributed by atoms with Gasteiger partial charge in [0.15, 0.2) is 19.1 Å². The van der Waals surface area contributed by atoms with Gasteiger partial charge in [-0.15, -0.1) is 0 Å². The third-order valence-electron chi connectivity index (χ3n) is 1.93. The van der Waals surface area contributed by atoms with Crippen LogP contribution in [0.5, 0.6) is 0 Å². The lowest BCUT2D eigenvalue weighted by atomic mass is 10.3. The van der Waals surface area contributed by atoms with E-state index in [1.165, 1.54) is 17.2 Å². The Hall–Kier alpha value is -1.91. The summed E-state index contributed by atoms with van der Waals surface area (Å²) >= 11 is 0. The molecule has 9 nitrogen and oxygen atoms in total. The standard InChI is InChI=1S/C8H8N4O5S/c13-18(14,15)16-4-3-12-2-1-7(5-10-12)8-9-6-11-17-8/h1-2,5-6H,3-4H2/p+1. The molecule has 0 aliphatic heterocycles. The van der Waals surface area contributed by atoms with E-state index in [1.54, 1.807) is 12.3 Å². The van der Waals surface area contributed by atoms with Gasteiger partial charge >= 0.3 is 10.4 Å². The monoisotopic (exact) mass is 273 g/mol. The van der Waals surface area contributed by atoms with Gasteiger partial charge in [-0.3, -0.25) is 4.55 Å². The average molecular weight is 273 g/mol. The lowest BCUT2D eigenvalue weighted by molar-refractivity contribution is -0.754. The Labute approximate surface area is 102 Å². The molecule has 0 amide bonds. The molecular formula is C8H9N4O5S+. The molecule has 0 bridgehead atoms. The average Bonchev–Trinajstić information content (AvgIpc) is 2.82. The molecule has 0 saturated heterocycles. The molecule has 2 aromatic rings. The minimum absolute atomic E-state index is 0.171. The first-order chi connectivity index (χ1) is 8.54. The van der Waals surface area contributed by atoms with Crippen LogP contribution in [0.3, 0.4) is 0 Å². The fourth-order valence-electron chi connectivity index (χ4n) is 1.18. The predicted molar refractivity (Wildman–Crippen MR) is 55.2 cm³/mol. The molecule has 2 heterocycles. The summed E-state index contributed by atoms with van der Waals surface area (Å²) < 4.78 is 39.4. The molecule has 2 aromatic heterocycles. The normalized spacial score (nSPS) is 11.6. The molecule has 0 aliphatic carbocycles. The molecule has 96 valence electrons. The first-order valence-corrected chi connectivity index (χ1v) is 6.16. The summed E-state index contributed by atoms with van der Waals surface area (Å²) in [5.41, 5.74) is 0.638. The van der Waals surface area contributed by atoms with E-state index in [2.05, 4.69) is 19.4 Å². The van der Waals surface area contributed by atoms with Gasteiger partial charge in [0.05, 0.1) is 5.56 Å². The summed E-state index contributed by atoms with van der Waals surface area (Å²) in [5, 5.41) is 7.45. The highest BCUT2D eigenvalue weighted by atomic mass is 32.3. The van der Waals surface area contributed by atoms with E-state index in [-0.39, 0.29) is 13.2 Å². The van der Waals surface area contributed by atoms with Crippen molar-refractivity contribution in [3.05, 3.63) is 24.8 Å². The maximum atomic E-state index is 10.3. The minimum atomic E-state index is -4.41. The minimum Gasteiger partial charge on any atom is -0.334 e. The molecule has 2 rings (SSSR count). The molecule has 10 heteroatoms. The van der Waals surface area contributed by atoms with Crippen molar-refractivity contribution < 1.29 is 26.4 Å². The fraction of sp³-hybridized carbons (Fsp3) is 0.250. The first-order valence-electron chi connectivity index (χ1n) is 4.79. The molecule has 0 aromatic carbocycles. The van der Waals surface area contributed by atoms with Crippen LogP contribution in [0, 0.1) is 0 Å². The second kappa shape index (κ2) is 5.16. The highest BCUT2D eigenvalue weighted by molar-refractivity contribution is 7.80. The predicted octanol–water partition coefficient (Wildman–Crippen LogP) is -0.761. The van der Waals surface area contributed by atoms with Crippen molar-refractivity contribution in [2.45, 2.75) is 6.54 Å². The maximum absolute atomic E-state index is 10.3. The van der Waals surface area contributed by atoms with Gasteiger partial charge in [-0.25, -0.2) is 4.18 Å². The summed E-state index contributed by atoms with van der Waals surface area (Å²) in [5.74, 6) is 0.337. The second-order valence-corrected chi connectivity index (χ2v) is 4.27. The third kappa shape index (κ3) is 3.55. The highest BCUT2D eigenvalue weighted by Gasteiger charge is 2.10. The van der Waals surface area contributed by atoms with Gasteiger partial charge in [0.25, 0.3) is 5.89 Å². The molecule has 0 unspecified atom stereocenters. The van der Waals surface area contributed by atoms with Crippen LogP contribution >= 0.6 is 0 Å². The van der Waals surface area contributed by atoms with Crippen LogP contribution in [0.2, 0.25) is 0 Å². The molecule has 0 atom stereocenters. The SMILES string of the molecule is O=S(=O)(O)OCC[n+]1ccc(-c2ncno2)cn1. The van der Waals surface area contributed by atoms with Crippen LogP contribution in [-0.4, -0.2) is 34.8 Å². The second-order valence-electron chi connectivity index (χ2n) is 3.17. The largest absolute Gasteiger partial charge is 0.397 e. The first kappa shape index (κ1) is 12.5. The van der Waals surface area contributed by atoms with E-state index < -0.39 is 10.4 Å². The van der Waals surface area contributed by atoms with Gasteiger partial charge < -0.3 is 4.52 Å². The topological polar surface area (TPSA) is 119 Å². The van der Waals surface area contributed by atoms with Gasteiger partial charge in [-0.1, -0.05) is 9.84 Å². The molecule has 0 fully saturated rings. The Bertz CT molecular complexity index is 595. The Balaban J connectivity index is 1.96. The lowest BCUT2D eigenvalue weighted by Crippen LogP contribution is -2.39. The molecule has 0 saturated carbocycles. The summed E-state index contributed by atoms with van der Waals surface area (Å²) in [4.78, 5) is 3.85. The van der Waals surface area contributed by atoms with Crippen molar-refractivity contribution in [1.82, 2.24) is 15.2 Å². The number of hydrogen-bond donors (Lipinski definition) is 1. The van der Waals surface area contributed by atoms with Crippen LogP contribution in [-0.2, 0) is 21.1 Å². The Morgan fingerprint density at radius 1 is 1.50 bits per heavy atom. The maximum Gasteiger partial charge on any atom is 0.397 e. The molecule has 0 spiro atoms. The molecule has 0 radical (unpaired) electrons. The fourth-order valence-corrected chi connectivity index (χ4v) is 1.46. The van der Waals surface area contributed by atoms with Crippen LogP contribution in [0.1, 0.15) is 0 Å². The van der Waals surface area contributed by atoms with Gasteiger partial charge in [-0.05, 0) is 5.10 Å². The summed E-state index contributed by atoms with van der Waals surface area (Å²) in [6, 6.07) is 1.67. The van der Waals surface area contributed by atoms with Crippen molar-refractivity contribution in [2.75, 3.05) is 6.61 Å². The highest BCUT2D eigenvalue weighted by Crippen LogP contribution is 2.11. The van der Waals surface area contributed by atoms with Crippen molar-refractivity contribution in [1.29, 1.82) is 0 Å². The number of aromatic nitrogens is 4. The van der Waals surface area contributed by atoms with Crippen LogP contribution in [0.15, 0.2) is 29.3 Å². The molecular weight excluding hydrogens is 264 g/mol. The zero-order valence-corrected chi connectivity index (χ0v) is 9.82. The molecule has 18 heavy (non-hydrogen) atoms. The van der Waals surface area contributed by atoms with Crippen molar-refractivity contribution in [3.63, 3.8) is 0 Å². The number of hydrogen-bond acceptors (Lipinski definition) is 7. The van der Waals surface area contributed by atoms with E-state index in [1.807, 2.05) is 0 Å². The number of rotatable bonds is 5. The van der Waals surface area contributed by atoms with Crippen LogP contribution < -0.4 is 4.68 Å². The zero-order chi connectivity index (χ0) is 13.0. The van der Waals surface area contributed by atoms with Crippen molar-refractivity contribution in [2.24, 2.45) is 0 Å². The van der Waals surface area contributed by atoms with E-state index in [9.17, 15) is 8.42 Å². The Morgan fingerprint density at radius 2 is 2.33 bits per heavy atom. The quantitative estimate of drug-likeness (QED) is 0.557. The van der Waals surface area contributed by atoms with E-state index in [0.29, 0.717) is 11.5 Å². The van der Waals surface area contributed by atoms with Crippen molar-refractivity contribution >= 4 is 10.4 Å². The van der Waals surface area contributed by atoms with Gasteiger partial charge in [0.1, 0.15) is 12.8 Å². The zero-order valence-electron chi connectivity index (χ0n) is 9.00. The van der Waals surface area contributed by atoms with Crippen LogP contribution in [0.25, 0.3) is 11.5 Å². The summed E-state index contributed by atoms with van der Waals surface area (Å²) in [6.07, 6.45) is 4.35. The van der Waals surface area contributed by atoms with Gasteiger partial charge in [0, 0.05) is 6.07 Å². The lowest BCUT2D eigenvalue weighted by Gasteiger charge is -1.96. The third-order valence-corrected chi connectivity index (χ3v) is 2.40. The number of nitrogens with zero attached hydrogens (tertiary/aromatic N) is 4. The summed E-state index contributed by atoms with van der Waals surface area (Å²) in [7, 11) is -4.41. The van der Waals surface area contributed by atoms with E-state index in [0.717, 1.165) is 0 Å². The van der Waals surface area contributed by atoms with Crippen LogP contribution in [0.4, 0.5) is 0 Å².